The molecule has 1 aromatic rings. The van der Waals surface area contributed by atoms with Crippen molar-refractivity contribution in [2.45, 2.75) is 104 Å². The number of ether oxygens (including phenoxy) is 2. The lowest BCUT2D eigenvalue weighted by molar-refractivity contribution is 0.251. The Balaban J connectivity index is 2.29. The van der Waals surface area contributed by atoms with Gasteiger partial charge in [-0.05, 0) is 25.0 Å². The summed E-state index contributed by atoms with van der Waals surface area (Å²) in [6.07, 6.45) is 17.5. The number of rotatable bonds is 19. The second-order valence-electron chi connectivity index (χ2n) is 8.33. The van der Waals surface area contributed by atoms with Crippen LogP contribution >= 0.6 is 0 Å². The minimum Gasteiger partial charge on any atom is -0.497 e. The van der Waals surface area contributed by atoms with Gasteiger partial charge < -0.3 is 20.1 Å². The van der Waals surface area contributed by atoms with Gasteiger partial charge >= 0.3 is 6.03 Å². The Labute approximate surface area is 190 Å². The van der Waals surface area contributed by atoms with E-state index < -0.39 is 0 Å². The minimum absolute atomic E-state index is 0.200. The van der Waals surface area contributed by atoms with E-state index in [9.17, 15) is 4.79 Å². The van der Waals surface area contributed by atoms with E-state index in [1.807, 2.05) is 18.2 Å². The van der Waals surface area contributed by atoms with Gasteiger partial charge in [-0.1, -0.05) is 90.9 Å². The van der Waals surface area contributed by atoms with Crippen LogP contribution in [0.5, 0.6) is 11.5 Å². The number of anilines is 1. The number of amides is 2. The first kappa shape index (κ1) is 27.1. The molecule has 1 rings (SSSR count). The van der Waals surface area contributed by atoms with Gasteiger partial charge in [0.1, 0.15) is 11.5 Å². The maximum absolute atomic E-state index is 12.2. The quantitative estimate of drug-likeness (QED) is 0.219. The van der Waals surface area contributed by atoms with Crippen LogP contribution in [-0.4, -0.2) is 26.3 Å². The second kappa shape index (κ2) is 18.8. The Morgan fingerprint density at radius 3 is 2.00 bits per heavy atom. The molecule has 0 heterocycles. The average molecular weight is 435 g/mol. The summed E-state index contributed by atoms with van der Waals surface area (Å²) in [6.45, 7) is 5.79. The summed E-state index contributed by atoms with van der Waals surface area (Å²) < 4.78 is 11.3. The number of benzene rings is 1. The number of unbranched alkanes of at least 4 members (excludes halogenated alkanes) is 12. The van der Waals surface area contributed by atoms with E-state index >= 15 is 0 Å². The Morgan fingerprint density at radius 1 is 0.806 bits per heavy atom. The number of hydrogen-bond donors (Lipinski definition) is 2. The minimum atomic E-state index is -0.200. The molecular formula is C26H46N2O3. The van der Waals surface area contributed by atoms with Crippen LogP contribution in [0.3, 0.4) is 0 Å². The van der Waals surface area contributed by atoms with E-state index in [4.69, 9.17) is 9.47 Å². The van der Waals surface area contributed by atoms with Crippen LogP contribution in [0, 0.1) is 0 Å². The maximum atomic E-state index is 12.2. The smallest absolute Gasteiger partial charge is 0.319 e. The topological polar surface area (TPSA) is 59.6 Å². The van der Waals surface area contributed by atoms with Gasteiger partial charge in [-0.25, -0.2) is 4.79 Å². The molecule has 0 unspecified atom stereocenters. The van der Waals surface area contributed by atoms with Crippen molar-refractivity contribution < 1.29 is 14.3 Å². The van der Waals surface area contributed by atoms with Gasteiger partial charge in [0.2, 0.25) is 0 Å². The van der Waals surface area contributed by atoms with Crippen molar-refractivity contribution in [1.82, 2.24) is 5.32 Å². The molecule has 178 valence electrons. The van der Waals surface area contributed by atoms with Crippen LogP contribution in [-0.2, 0) is 0 Å². The van der Waals surface area contributed by atoms with E-state index in [1.54, 1.807) is 7.11 Å². The highest BCUT2D eigenvalue weighted by Gasteiger charge is 2.09. The first-order chi connectivity index (χ1) is 15.2. The molecule has 0 spiro atoms. The number of nitrogens with one attached hydrogen (secondary N) is 2. The molecule has 0 atom stereocenters. The number of carbonyl (C=O) groups is 1. The molecule has 2 N–H and O–H groups in total. The SMILES string of the molecule is CCCCCCCCCCCCOc1ccc(OC)cc1NC(=O)NCCCCCC. The van der Waals surface area contributed by atoms with E-state index in [0.29, 0.717) is 30.3 Å². The fraction of sp³-hybridized carbons (Fsp3) is 0.731. The molecule has 31 heavy (non-hydrogen) atoms. The fourth-order valence-electron chi connectivity index (χ4n) is 3.55. The molecule has 0 bridgehead atoms. The lowest BCUT2D eigenvalue weighted by Crippen LogP contribution is -2.29. The summed E-state index contributed by atoms with van der Waals surface area (Å²) in [4.78, 5) is 12.2. The van der Waals surface area contributed by atoms with Crippen molar-refractivity contribution in [3.8, 4) is 11.5 Å². The molecule has 0 fully saturated rings. The van der Waals surface area contributed by atoms with Crippen molar-refractivity contribution in [2.75, 3.05) is 25.6 Å². The van der Waals surface area contributed by atoms with Crippen LogP contribution in [0.2, 0.25) is 0 Å². The van der Waals surface area contributed by atoms with Gasteiger partial charge in [0.15, 0.2) is 0 Å². The summed E-state index contributed by atoms with van der Waals surface area (Å²) in [5, 5.41) is 5.83. The number of urea groups is 1. The zero-order chi connectivity index (χ0) is 22.6. The van der Waals surface area contributed by atoms with Crippen molar-refractivity contribution >= 4 is 11.7 Å². The van der Waals surface area contributed by atoms with Crippen LogP contribution in [0.4, 0.5) is 10.5 Å². The molecule has 0 saturated heterocycles. The zero-order valence-electron chi connectivity index (χ0n) is 20.3. The van der Waals surface area contributed by atoms with Crippen LogP contribution in [0.25, 0.3) is 0 Å². The van der Waals surface area contributed by atoms with E-state index in [-0.39, 0.29) is 6.03 Å². The molecule has 0 aromatic heterocycles. The first-order valence-corrected chi connectivity index (χ1v) is 12.6. The summed E-state index contributed by atoms with van der Waals surface area (Å²) in [7, 11) is 1.62. The molecule has 5 nitrogen and oxygen atoms in total. The lowest BCUT2D eigenvalue weighted by atomic mass is 10.1. The van der Waals surface area contributed by atoms with Crippen molar-refractivity contribution in [1.29, 1.82) is 0 Å². The van der Waals surface area contributed by atoms with Crippen LogP contribution in [0.15, 0.2) is 18.2 Å². The predicted octanol–water partition coefficient (Wildman–Crippen LogP) is 7.70. The van der Waals surface area contributed by atoms with Gasteiger partial charge in [-0.2, -0.15) is 0 Å². The second-order valence-corrected chi connectivity index (χ2v) is 8.33. The molecule has 0 aliphatic rings. The molecule has 5 heteroatoms. The fourth-order valence-corrected chi connectivity index (χ4v) is 3.55. The largest absolute Gasteiger partial charge is 0.497 e. The zero-order valence-corrected chi connectivity index (χ0v) is 20.3. The number of methoxy groups -OCH3 is 1. The Bertz CT molecular complexity index is 578. The standard InChI is InChI=1S/C26H46N2O3/c1-4-6-8-10-11-12-13-14-15-17-21-31-25-19-18-23(30-3)22-24(25)28-26(29)27-20-16-9-7-5-2/h18-19,22H,4-17,20-21H2,1-3H3,(H2,27,28,29). The third kappa shape index (κ3) is 13.9. The third-order valence-electron chi connectivity index (χ3n) is 5.51. The van der Waals surface area contributed by atoms with Gasteiger partial charge in [-0.3, -0.25) is 0 Å². The van der Waals surface area contributed by atoms with Crippen molar-refractivity contribution in [3.05, 3.63) is 18.2 Å². The van der Waals surface area contributed by atoms with Gasteiger partial charge in [0.25, 0.3) is 0 Å². The molecule has 2 amide bonds. The summed E-state index contributed by atoms with van der Waals surface area (Å²) in [5.74, 6) is 1.39. The summed E-state index contributed by atoms with van der Waals surface area (Å²) in [6, 6.07) is 5.34. The van der Waals surface area contributed by atoms with E-state index in [1.165, 1.54) is 70.6 Å². The van der Waals surface area contributed by atoms with Gasteiger partial charge in [0, 0.05) is 12.6 Å². The number of carbonyl (C=O) groups excluding carboxylic acids is 1. The highest BCUT2D eigenvalue weighted by molar-refractivity contribution is 5.91. The molecular weight excluding hydrogens is 388 g/mol. The van der Waals surface area contributed by atoms with Crippen LogP contribution in [0.1, 0.15) is 104 Å². The normalized spacial score (nSPS) is 10.7. The monoisotopic (exact) mass is 434 g/mol. The molecule has 0 saturated carbocycles. The third-order valence-corrected chi connectivity index (χ3v) is 5.51. The van der Waals surface area contributed by atoms with E-state index in [2.05, 4.69) is 24.5 Å². The molecule has 0 aliphatic carbocycles. The Kier molecular flexibility index (Phi) is 16.5. The maximum Gasteiger partial charge on any atom is 0.319 e. The summed E-state index contributed by atoms with van der Waals surface area (Å²) >= 11 is 0. The van der Waals surface area contributed by atoms with Crippen LogP contribution < -0.4 is 20.1 Å². The Morgan fingerprint density at radius 2 is 1.39 bits per heavy atom. The molecule has 1 aromatic carbocycles. The molecule has 0 radical (unpaired) electrons. The average Bonchev–Trinajstić information content (AvgIpc) is 2.78. The number of hydrogen-bond acceptors (Lipinski definition) is 3. The first-order valence-electron chi connectivity index (χ1n) is 12.6. The van der Waals surface area contributed by atoms with E-state index in [0.717, 1.165) is 19.3 Å². The lowest BCUT2D eigenvalue weighted by Gasteiger charge is -2.14. The summed E-state index contributed by atoms with van der Waals surface area (Å²) in [5.41, 5.74) is 0.650. The highest BCUT2D eigenvalue weighted by Crippen LogP contribution is 2.29. The highest BCUT2D eigenvalue weighted by atomic mass is 16.5. The van der Waals surface area contributed by atoms with Gasteiger partial charge in [0.05, 0.1) is 19.4 Å². The van der Waals surface area contributed by atoms with Gasteiger partial charge in [-0.15, -0.1) is 0 Å². The Hall–Kier alpha value is -1.91. The predicted molar refractivity (Wildman–Crippen MR) is 131 cm³/mol. The molecule has 0 aliphatic heterocycles. The van der Waals surface area contributed by atoms with Crippen molar-refractivity contribution in [2.24, 2.45) is 0 Å². The van der Waals surface area contributed by atoms with Crippen molar-refractivity contribution in [3.63, 3.8) is 0 Å².